The number of primary amides is 2. The molecular formula is C29H35N5O8. The van der Waals surface area contributed by atoms with Gasteiger partial charge >= 0.3 is 12.1 Å². The van der Waals surface area contributed by atoms with E-state index in [0.29, 0.717) is 19.3 Å². The van der Waals surface area contributed by atoms with Gasteiger partial charge in [0.2, 0.25) is 23.6 Å². The fourth-order valence-electron chi connectivity index (χ4n) is 4.79. The van der Waals surface area contributed by atoms with Gasteiger partial charge in [-0.15, -0.1) is 0 Å². The number of ether oxygens (including phenoxy) is 1. The molecule has 13 nitrogen and oxygen atoms in total. The first-order valence-corrected chi connectivity index (χ1v) is 13.5. The molecule has 0 aliphatic heterocycles. The van der Waals surface area contributed by atoms with E-state index in [1.54, 1.807) is 0 Å². The van der Waals surface area contributed by atoms with Crippen molar-refractivity contribution in [2.24, 2.45) is 11.5 Å². The van der Waals surface area contributed by atoms with Crippen LogP contribution in [0.2, 0.25) is 0 Å². The molecule has 0 bridgehead atoms. The molecule has 1 aliphatic rings. The summed E-state index contributed by atoms with van der Waals surface area (Å²) in [5.74, 6) is -4.57. The highest BCUT2D eigenvalue weighted by molar-refractivity contribution is 5.95. The summed E-state index contributed by atoms with van der Waals surface area (Å²) in [7, 11) is 0. The highest BCUT2D eigenvalue weighted by Gasteiger charge is 2.31. The number of carbonyl (C=O) groups excluding carboxylic acids is 5. The van der Waals surface area contributed by atoms with Crippen molar-refractivity contribution in [1.29, 1.82) is 0 Å². The van der Waals surface area contributed by atoms with E-state index in [1.165, 1.54) is 0 Å². The summed E-state index contributed by atoms with van der Waals surface area (Å²) >= 11 is 0. The van der Waals surface area contributed by atoms with Crippen molar-refractivity contribution in [2.75, 3.05) is 13.2 Å². The third kappa shape index (κ3) is 9.04. The van der Waals surface area contributed by atoms with Gasteiger partial charge in [-0.05, 0) is 35.1 Å². The highest BCUT2D eigenvalue weighted by Crippen LogP contribution is 2.44. The van der Waals surface area contributed by atoms with Crippen LogP contribution in [-0.2, 0) is 28.7 Å². The van der Waals surface area contributed by atoms with Gasteiger partial charge in [-0.3, -0.25) is 24.0 Å². The Bertz CT molecular complexity index is 1290. The Hall–Kier alpha value is -4.94. The van der Waals surface area contributed by atoms with Crippen molar-refractivity contribution in [3.8, 4) is 11.1 Å². The van der Waals surface area contributed by atoms with Crippen LogP contribution in [0.4, 0.5) is 4.79 Å². The Kier molecular flexibility index (Phi) is 11.4. The van der Waals surface area contributed by atoms with Crippen molar-refractivity contribution in [3.63, 3.8) is 0 Å². The molecule has 0 unspecified atom stereocenters. The molecule has 0 saturated carbocycles. The summed E-state index contributed by atoms with van der Waals surface area (Å²) in [6.45, 7) is 0.135. The molecule has 2 aromatic carbocycles. The number of aliphatic carboxylic acids is 1. The van der Waals surface area contributed by atoms with E-state index in [9.17, 15) is 28.8 Å². The van der Waals surface area contributed by atoms with E-state index in [2.05, 4.69) is 16.0 Å². The average Bonchev–Trinajstić information content (AvgIpc) is 3.26. The van der Waals surface area contributed by atoms with E-state index >= 15 is 0 Å². The SMILES string of the molecule is NC(=O)C[C@H](NC(=O)OCC1c2ccccc2-c2ccccc21)C(=O)N[C@@H](CC(N)=O)C(=O)NCCCCCC(=O)O. The summed E-state index contributed by atoms with van der Waals surface area (Å²) in [6, 6.07) is 12.6. The highest BCUT2D eigenvalue weighted by atomic mass is 16.5. The minimum atomic E-state index is -1.49. The van der Waals surface area contributed by atoms with Crippen molar-refractivity contribution in [2.45, 2.75) is 56.5 Å². The van der Waals surface area contributed by atoms with Crippen LogP contribution in [0.5, 0.6) is 0 Å². The number of carboxylic acids is 1. The summed E-state index contributed by atoms with van der Waals surface area (Å²) in [5, 5.41) is 15.9. The van der Waals surface area contributed by atoms with Crippen LogP contribution < -0.4 is 27.4 Å². The Morgan fingerprint density at radius 2 is 1.31 bits per heavy atom. The molecule has 1 aliphatic carbocycles. The molecule has 3 rings (SSSR count). The zero-order chi connectivity index (χ0) is 30.6. The number of rotatable bonds is 16. The van der Waals surface area contributed by atoms with E-state index in [4.69, 9.17) is 21.3 Å². The zero-order valence-corrected chi connectivity index (χ0v) is 23.0. The lowest BCUT2D eigenvalue weighted by atomic mass is 9.98. The van der Waals surface area contributed by atoms with E-state index < -0.39 is 60.6 Å². The number of carboxylic acid groups (broad SMARTS) is 1. The monoisotopic (exact) mass is 581 g/mol. The molecule has 0 heterocycles. The molecule has 0 fully saturated rings. The van der Waals surface area contributed by atoms with E-state index in [1.807, 2.05) is 48.5 Å². The van der Waals surface area contributed by atoms with Crippen LogP contribution in [0.15, 0.2) is 48.5 Å². The van der Waals surface area contributed by atoms with Crippen LogP contribution in [-0.4, -0.2) is 66.0 Å². The van der Waals surface area contributed by atoms with E-state index in [0.717, 1.165) is 22.3 Å². The van der Waals surface area contributed by atoms with Crippen LogP contribution in [0, 0.1) is 0 Å². The second-order valence-corrected chi connectivity index (χ2v) is 9.92. The first-order valence-electron chi connectivity index (χ1n) is 13.5. The molecule has 0 aromatic heterocycles. The lowest BCUT2D eigenvalue weighted by molar-refractivity contribution is -0.137. The predicted octanol–water partition coefficient (Wildman–Crippen LogP) is 0.891. The molecule has 8 N–H and O–H groups in total. The minimum Gasteiger partial charge on any atom is -0.481 e. The van der Waals surface area contributed by atoms with Gasteiger partial charge in [-0.2, -0.15) is 0 Å². The summed E-state index contributed by atoms with van der Waals surface area (Å²) in [4.78, 5) is 72.2. The predicted molar refractivity (Wildman–Crippen MR) is 151 cm³/mol. The van der Waals surface area contributed by atoms with Crippen LogP contribution in [0.1, 0.15) is 55.6 Å². The lowest BCUT2D eigenvalue weighted by Crippen LogP contribution is -2.55. The molecule has 2 aromatic rings. The van der Waals surface area contributed by atoms with Crippen molar-refractivity contribution in [1.82, 2.24) is 16.0 Å². The summed E-state index contributed by atoms with van der Waals surface area (Å²) in [6.07, 6.45) is -0.644. The fourth-order valence-corrected chi connectivity index (χ4v) is 4.79. The maximum absolute atomic E-state index is 13.0. The number of amides is 5. The van der Waals surface area contributed by atoms with E-state index in [-0.39, 0.29) is 25.5 Å². The molecule has 2 atom stereocenters. The standard InChI is InChI=1S/C29H35N5O8/c30-24(35)14-22(27(39)32-13-7-1-2-12-26(37)38)33-28(40)23(15-25(31)36)34-29(41)42-16-21-19-10-5-3-8-17(19)18-9-4-6-11-20(18)21/h3-6,8-11,21-23H,1-2,7,12-16H2,(H2,30,35)(H2,31,36)(H,32,39)(H,33,40)(H,34,41)(H,37,38)/t22-,23-/m0/s1. The van der Waals surface area contributed by atoms with Crippen molar-refractivity contribution in [3.05, 3.63) is 59.7 Å². The molecular weight excluding hydrogens is 546 g/mol. The number of hydrogen-bond donors (Lipinski definition) is 6. The minimum absolute atomic E-state index is 0.00618. The van der Waals surface area contributed by atoms with Crippen LogP contribution >= 0.6 is 0 Å². The first kappa shape index (κ1) is 31.6. The third-order valence-electron chi connectivity index (χ3n) is 6.76. The van der Waals surface area contributed by atoms with Crippen LogP contribution in [0.3, 0.4) is 0 Å². The van der Waals surface area contributed by atoms with Crippen LogP contribution in [0.25, 0.3) is 11.1 Å². The number of alkyl carbamates (subject to hydrolysis) is 1. The molecule has 0 spiro atoms. The van der Waals surface area contributed by atoms with Gasteiger partial charge in [0.25, 0.3) is 0 Å². The van der Waals surface area contributed by atoms with Crippen molar-refractivity contribution >= 4 is 35.7 Å². The molecule has 13 heteroatoms. The Morgan fingerprint density at radius 1 is 0.762 bits per heavy atom. The number of nitrogens with two attached hydrogens (primary N) is 2. The number of carbonyl (C=O) groups is 6. The lowest BCUT2D eigenvalue weighted by Gasteiger charge is -2.22. The Labute approximate surface area is 242 Å². The first-order chi connectivity index (χ1) is 20.1. The van der Waals surface area contributed by atoms with Gasteiger partial charge in [-0.25, -0.2) is 4.79 Å². The number of benzene rings is 2. The normalized spacial score (nSPS) is 13.1. The van der Waals surface area contributed by atoms with Gasteiger partial charge in [0.05, 0.1) is 12.8 Å². The number of fused-ring (bicyclic) bond motifs is 3. The molecule has 42 heavy (non-hydrogen) atoms. The summed E-state index contributed by atoms with van der Waals surface area (Å²) < 4.78 is 5.45. The van der Waals surface area contributed by atoms with Gasteiger partial charge in [0, 0.05) is 18.9 Å². The van der Waals surface area contributed by atoms with Gasteiger partial charge < -0.3 is 37.3 Å². The number of hydrogen-bond acceptors (Lipinski definition) is 7. The molecule has 5 amide bonds. The number of nitrogens with one attached hydrogen (secondary N) is 3. The molecule has 0 saturated heterocycles. The smallest absolute Gasteiger partial charge is 0.407 e. The van der Waals surface area contributed by atoms with Crippen molar-refractivity contribution < 1.29 is 38.6 Å². The molecule has 224 valence electrons. The second-order valence-electron chi connectivity index (χ2n) is 9.92. The number of unbranched alkanes of at least 4 members (excludes halogenated alkanes) is 2. The van der Waals surface area contributed by atoms with Gasteiger partial charge in [-0.1, -0.05) is 55.0 Å². The quantitative estimate of drug-likeness (QED) is 0.156. The Morgan fingerprint density at radius 3 is 1.86 bits per heavy atom. The van der Waals surface area contributed by atoms with Gasteiger partial charge in [0.1, 0.15) is 18.7 Å². The zero-order valence-electron chi connectivity index (χ0n) is 23.0. The maximum atomic E-state index is 13.0. The Balaban J connectivity index is 1.59. The maximum Gasteiger partial charge on any atom is 0.407 e. The topological polar surface area (TPSA) is 220 Å². The van der Waals surface area contributed by atoms with Gasteiger partial charge in [0.15, 0.2) is 0 Å². The third-order valence-corrected chi connectivity index (χ3v) is 6.76. The second kappa shape index (κ2) is 15.2. The molecule has 0 radical (unpaired) electrons. The summed E-state index contributed by atoms with van der Waals surface area (Å²) in [5.41, 5.74) is 14.6. The largest absolute Gasteiger partial charge is 0.481 e. The average molecular weight is 582 g/mol. The fraction of sp³-hybridized carbons (Fsp3) is 0.379.